The van der Waals surface area contributed by atoms with E-state index in [4.69, 9.17) is 10.5 Å². The van der Waals surface area contributed by atoms with Gasteiger partial charge in [0.05, 0.1) is 23.7 Å². The first-order valence-electron chi connectivity index (χ1n) is 9.71. The van der Waals surface area contributed by atoms with Crippen LogP contribution in [0.4, 0.5) is 8.78 Å². The Morgan fingerprint density at radius 2 is 2.07 bits per heavy atom. The van der Waals surface area contributed by atoms with E-state index >= 15 is 0 Å². The minimum Gasteiger partial charge on any atom is -0.370 e. The Morgan fingerprint density at radius 3 is 2.86 bits per heavy atom. The van der Waals surface area contributed by atoms with E-state index in [1.54, 1.807) is 0 Å². The summed E-state index contributed by atoms with van der Waals surface area (Å²) in [5, 5.41) is 0.187. The van der Waals surface area contributed by atoms with Crippen molar-refractivity contribution in [3.8, 4) is 0 Å². The van der Waals surface area contributed by atoms with Crippen molar-refractivity contribution in [1.29, 1.82) is 0 Å². The molecule has 7 nitrogen and oxygen atoms in total. The summed E-state index contributed by atoms with van der Waals surface area (Å²) in [6.45, 7) is 2.11. The van der Waals surface area contributed by atoms with Gasteiger partial charge >= 0.3 is 0 Å². The van der Waals surface area contributed by atoms with Gasteiger partial charge in [-0.2, -0.15) is 0 Å². The lowest BCUT2D eigenvalue weighted by molar-refractivity contribution is -0.0536. The number of rotatable bonds is 2. The highest BCUT2D eigenvalue weighted by Gasteiger charge is 2.39. The SMILES string of the molecule is N[C@H]1C[C@@H](N2Cc3nc4n(c3C2)CCCS4(=O)=O)CO[C@@H]1c1cc(F)ccc1F. The third-order valence-electron chi connectivity index (χ3n) is 6.08. The maximum Gasteiger partial charge on any atom is 0.228 e. The Bertz CT molecular complexity index is 1070. The summed E-state index contributed by atoms with van der Waals surface area (Å²) in [6.07, 6.45) is 0.466. The highest BCUT2D eigenvalue weighted by Crippen LogP contribution is 2.35. The quantitative estimate of drug-likeness (QED) is 0.786. The number of halogens is 2. The van der Waals surface area contributed by atoms with Gasteiger partial charge in [-0.1, -0.05) is 0 Å². The van der Waals surface area contributed by atoms with Crippen LogP contribution >= 0.6 is 0 Å². The van der Waals surface area contributed by atoms with E-state index in [0.29, 0.717) is 39.1 Å². The standard InChI is InChI=1S/C19H22F2N4O3S/c20-11-2-3-14(21)13(6-11)18-15(22)7-12(10-28-18)24-8-16-17(9-24)25-4-1-5-29(26,27)19(25)23-16/h2-3,6,12,15,18H,1,4-5,7-10,22H2/t12-,15+,18-/m1/s1. The molecule has 1 aromatic carbocycles. The Kier molecular flexibility index (Phi) is 4.50. The molecule has 10 heteroatoms. The Morgan fingerprint density at radius 1 is 1.24 bits per heavy atom. The number of nitrogens with zero attached hydrogens (tertiary/aromatic N) is 3. The van der Waals surface area contributed by atoms with Crippen molar-refractivity contribution < 1.29 is 21.9 Å². The molecule has 2 aromatic rings. The molecule has 3 aliphatic heterocycles. The fraction of sp³-hybridized carbons (Fsp3) is 0.526. The Balaban J connectivity index is 1.31. The van der Waals surface area contributed by atoms with E-state index < -0.39 is 33.6 Å². The number of fused-ring (bicyclic) bond motifs is 3. The molecule has 4 heterocycles. The van der Waals surface area contributed by atoms with Gasteiger partial charge in [-0.15, -0.1) is 0 Å². The molecule has 0 unspecified atom stereocenters. The van der Waals surface area contributed by atoms with Gasteiger partial charge in [0.25, 0.3) is 0 Å². The van der Waals surface area contributed by atoms with Gasteiger partial charge in [0, 0.05) is 37.3 Å². The van der Waals surface area contributed by atoms with Crippen molar-refractivity contribution in [2.75, 3.05) is 12.4 Å². The van der Waals surface area contributed by atoms with Crippen LogP contribution in [0.1, 0.15) is 35.9 Å². The number of hydrogen-bond donors (Lipinski definition) is 1. The van der Waals surface area contributed by atoms with Crippen molar-refractivity contribution in [1.82, 2.24) is 14.5 Å². The summed E-state index contributed by atoms with van der Waals surface area (Å²) in [7, 11) is -3.29. The first-order chi connectivity index (χ1) is 13.8. The Hall–Kier alpha value is -1.88. The molecule has 5 rings (SSSR count). The molecule has 0 saturated carbocycles. The van der Waals surface area contributed by atoms with Crippen molar-refractivity contribution in [2.24, 2.45) is 5.73 Å². The molecule has 3 atom stereocenters. The summed E-state index contributed by atoms with van der Waals surface area (Å²) in [4.78, 5) is 6.57. The second-order valence-electron chi connectivity index (χ2n) is 7.99. The summed E-state index contributed by atoms with van der Waals surface area (Å²) in [5.74, 6) is -0.902. The largest absolute Gasteiger partial charge is 0.370 e. The summed E-state index contributed by atoms with van der Waals surface area (Å²) in [6, 6.07) is 2.82. The zero-order valence-corrected chi connectivity index (χ0v) is 16.5. The molecular weight excluding hydrogens is 402 g/mol. The molecular formula is C19H22F2N4O3S. The number of sulfone groups is 1. The number of imidazole rings is 1. The van der Waals surface area contributed by atoms with Crippen LogP contribution in [0.2, 0.25) is 0 Å². The van der Waals surface area contributed by atoms with Gasteiger partial charge in [-0.25, -0.2) is 22.2 Å². The second-order valence-corrected chi connectivity index (χ2v) is 9.99. The molecule has 2 N–H and O–H groups in total. The number of nitrogens with two attached hydrogens (primary N) is 1. The van der Waals surface area contributed by atoms with Crippen molar-refractivity contribution in [3.63, 3.8) is 0 Å². The lowest BCUT2D eigenvalue weighted by Gasteiger charge is -2.38. The van der Waals surface area contributed by atoms with E-state index in [9.17, 15) is 17.2 Å². The van der Waals surface area contributed by atoms with E-state index in [1.165, 1.54) is 0 Å². The summed E-state index contributed by atoms with van der Waals surface area (Å²) >= 11 is 0. The van der Waals surface area contributed by atoms with Crippen LogP contribution in [-0.4, -0.2) is 47.3 Å². The lowest BCUT2D eigenvalue weighted by Crippen LogP contribution is -2.48. The molecule has 0 spiro atoms. The summed E-state index contributed by atoms with van der Waals surface area (Å²) < 4.78 is 59.8. The minimum atomic E-state index is -3.29. The molecule has 0 radical (unpaired) electrons. The molecule has 1 fully saturated rings. The molecule has 3 aliphatic rings. The van der Waals surface area contributed by atoms with Crippen molar-refractivity contribution in [2.45, 2.75) is 55.8 Å². The van der Waals surface area contributed by atoms with Crippen molar-refractivity contribution in [3.05, 3.63) is 46.8 Å². The zero-order valence-electron chi connectivity index (χ0n) is 15.7. The fourth-order valence-corrected chi connectivity index (χ4v) is 6.12. The average molecular weight is 424 g/mol. The van der Waals surface area contributed by atoms with E-state index in [1.807, 2.05) is 4.57 Å². The first kappa shape index (κ1) is 19.1. The third-order valence-corrected chi connectivity index (χ3v) is 7.78. The van der Waals surface area contributed by atoms with Gasteiger partial charge in [0.1, 0.15) is 17.7 Å². The molecule has 156 valence electrons. The fourth-order valence-electron chi connectivity index (χ4n) is 4.64. The molecule has 1 saturated heterocycles. The maximum atomic E-state index is 14.1. The topological polar surface area (TPSA) is 90.5 Å². The highest BCUT2D eigenvalue weighted by molar-refractivity contribution is 7.91. The van der Waals surface area contributed by atoms with E-state index in [0.717, 1.165) is 29.6 Å². The maximum absolute atomic E-state index is 14.1. The molecule has 0 amide bonds. The monoisotopic (exact) mass is 424 g/mol. The predicted molar refractivity (Wildman–Crippen MR) is 99.6 cm³/mol. The second kappa shape index (κ2) is 6.83. The summed E-state index contributed by atoms with van der Waals surface area (Å²) in [5.41, 5.74) is 8.15. The molecule has 0 aliphatic carbocycles. The van der Waals surface area contributed by atoms with Crippen LogP contribution in [0.15, 0.2) is 23.4 Å². The zero-order chi connectivity index (χ0) is 20.3. The number of benzene rings is 1. The average Bonchev–Trinajstić information content (AvgIpc) is 3.23. The molecule has 29 heavy (non-hydrogen) atoms. The van der Waals surface area contributed by atoms with Crippen LogP contribution in [0.5, 0.6) is 0 Å². The van der Waals surface area contributed by atoms with Crippen LogP contribution in [0.3, 0.4) is 0 Å². The normalized spacial score (nSPS) is 28.9. The van der Waals surface area contributed by atoms with Crippen LogP contribution in [0.25, 0.3) is 0 Å². The van der Waals surface area contributed by atoms with Crippen molar-refractivity contribution >= 4 is 9.84 Å². The molecule has 0 bridgehead atoms. The van der Waals surface area contributed by atoms with Crippen LogP contribution in [0, 0.1) is 11.6 Å². The van der Waals surface area contributed by atoms with Gasteiger partial charge in [0.15, 0.2) is 0 Å². The molecule has 1 aromatic heterocycles. The van der Waals surface area contributed by atoms with Gasteiger partial charge < -0.3 is 15.0 Å². The first-order valence-corrected chi connectivity index (χ1v) is 11.4. The van der Waals surface area contributed by atoms with E-state index in [-0.39, 0.29) is 22.5 Å². The van der Waals surface area contributed by atoms with Gasteiger partial charge in [-0.05, 0) is 31.0 Å². The smallest absolute Gasteiger partial charge is 0.228 e. The van der Waals surface area contributed by atoms with E-state index in [2.05, 4.69) is 9.88 Å². The lowest BCUT2D eigenvalue weighted by atomic mass is 9.93. The predicted octanol–water partition coefficient (Wildman–Crippen LogP) is 1.51. The van der Waals surface area contributed by atoms with Gasteiger partial charge in [0.2, 0.25) is 15.0 Å². The minimum absolute atomic E-state index is 0.00326. The number of aromatic nitrogens is 2. The number of ether oxygens (including phenoxy) is 1. The van der Waals surface area contributed by atoms with Crippen LogP contribution in [-0.2, 0) is 34.2 Å². The van der Waals surface area contributed by atoms with Crippen LogP contribution < -0.4 is 5.73 Å². The van der Waals surface area contributed by atoms with Gasteiger partial charge in [-0.3, -0.25) is 4.90 Å². The Labute approximate surface area is 167 Å². The third kappa shape index (κ3) is 3.18. The number of hydrogen-bond acceptors (Lipinski definition) is 6. The highest BCUT2D eigenvalue weighted by atomic mass is 32.2.